The molecule has 1 fully saturated rings. The molecule has 1 atom stereocenters. The Morgan fingerprint density at radius 3 is 3.06 bits per heavy atom. The molecule has 0 aliphatic carbocycles. The Kier molecular flexibility index (Phi) is 4.35. The Morgan fingerprint density at radius 2 is 2.44 bits per heavy atom. The van der Waals surface area contributed by atoms with Gasteiger partial charge in [0.25, 0.3) is 5.91 Å². The molecule has 1 aliphatic heterocycles. The number of hydrogen-bond acceptors (Lipinski definition) is 4. The van der Waals surface area contributed by atoms with Crippen LogP contribution in [0, 0.1) is 5.92 Å². The summed E-state index contributed by atoms with van der Waals surface area (Å²) in [6.45, 7) is 6.38. The summed E-state index contributed by atoms with van der Waals surface area (Å²) in [6.07, 6.45) is 1.51. The van der Waals surface area contributed by atoms with Crippen molar-refractivity contribution in [3.8, 4) is 0 Å². The standard InChI is InChI=1S/C13H20N2O2S/c1-9(2)12-7-15(3-4-18-12)13(16)10-5-11(6-14)17-8-10/h5,8-9,12H,3-4,6-7,14H2,1-2H3. The van der Waals surface area contributed by atoms with Gasteiger partial charge in [0.05, 0.1) is 12.1 Å². The van der Waals surface area contributed by atoms with Gasteiger partial charge in [0, 0.05) is 24.1 Å². The molecule has 2 rings (SSSR count). The number of carbonyl (C=O) groups excluding carboxylic acids is 1. The zero-order valence-corrected chi connectivity index (χ0v) is 11.7. The van der Waals surface area contributed by atoms with Crippen molar-refractivity contribution in [2.24, 2.45) is 11.7 Å². The molecule has 2 heterocycles. The van der Waals surface area contributed by atoms with E-state index in [1.54, 1.807) is 6.07 Å². The fraction of sp³-hybridized carbons (Fsp3) is 0.615. The van der Waals surface area contributed by atoms with Gasteiger partial charge in [-0.25, -0.2) is 0 Å². The van der Waals surface area contributed by atoms with Crippen molar-refractivity contribution in [1.29, 1.82) is 0 Å². The van der Waals surface area contributed by atoms with Crippen LogP contribution in [0.15, 0.2) is 16.7 Å². The third-order valence-corrected chi connectivity index (χ3v) is 4.77. The van der Waals surface area contributed by atoms with Crippen LogP contribution in [0.5, 0.6) is 0 Å². The second-order valence-electron chi connectivity index (χ2n) is 4.91. The molecule has 0 saturated carbocycles. The molecule has 1 aliphatic rings. The van der Waals surface area contributed by atoms with Crippen LogP contribution in [0.3, 0.4) is 0 Å². The first-order valence-corrected chi connectivity index (χ1v) is 7.35. The van der Waals surface area contributed by atoms with Gasteiger partial charge in [0.15, 0.2) is 0 Å². The fourth-order valence-electron chi connectivity index (χ4n) is 2.05. The summed E-state index contributed by atoms with van der Waals surface area (Å²) in [5.41, 5.74) is 6.10. The predicted octanol–water partition coefficient (Wildman–Crippen LogP) is 1.95. The van der Waals surface area contributed by atoms with E-state index in [4.69, 9.17) is 10.2 Å². The van der Waals surface area contributed by atoms with Gasteiger partial charge in [-0.3, -0.25) is 4.79 Å². The summed E-state index contributed by atoms with van der Waals surface area (Å²) >= 11 is 1.96. The molecule has 1 unspecified atom stereocenters. The van der Waals surface area contributed by atoms with Gasteiger partial charge >= 0.3 is 0 Å². The quantitative estimate of drug-likeness (QED) is 0.910. The summed E-state index contributed by atoms with van der Waals surface area (Å²) in [5.74, 6) is 2.32. The highest BCUT2D eigenvalue weighted by atomic mass is 32.2. The Balaban J connectivity index is 2.04. The maximum absolute atomic E-state index is 12.3. The summed E-state index contributed by atoms with van der Waals surface area (Å²) < 4.78 is 5.22. The van der Waals surface area contributed by atoms with Crippen molar-refractivity contribution >= 4 is 17.7 Å². The van der Waals surface area contributed by atoms with Gasteiger partial charge in [-0.2, -0.15) is 11.8 Å². The van der Waals surface area contributed by atoms with Crippen LogP contribution in [0.4, 0.5) is 0 Å². The summed E-state index contributed by atoms with van der Waals surface area (Å²) in [4.78, 5) is 14.2. The minimum absolute atomic E-state index is 0.0596. The lowest BCUT2D eigenvalue weighted by molar-refractivity contribution is 0.0755. The number of thioether (sulfide) groups is 1. The maximum Gasteiger partial charge on any atom is 0.257 e. The topological polar surface area (TPSA) is 59.5 Å². The number of rotatable bonds is 3. The first-order chi connectivity index (χ1) is 8.61. The normalized spacial score (nSPS) is 20.4. The van der Waals surface area contributed by atoms with Gasteiger partial charge < -0.3 is 15.1 Å². The molecular weight excluding hydrogens is 248 g/mol. The maximum atomic E-state index is 12.3. The molecular formula is C13H20N2O2S. The second-order valence-corrected chi connectivity index (χ2v) is 6.26. The number of nitrogens with zero attached hydrogens (tertiary/aromatic N) is 1. The number of carbonyl (C=O) groups is 1. The van der Waals surface area contributed by atoms with Crippen molar-refractivity contribution in [1.82, 2.24) is 4.90 Å². The van der Waals surface area contributed by atoms with Crippen LogP contribution >= 0.6 is 11.8 Å². The zero-order chi connectivity index (χ0) is 13.1. The van der Waals surface area contributed by atoms with E-state index < -0.39 is 0 Å². The third-order valence-electron chi connectivity index (χ3n) is 3.23. The van der Waals surface area contributed by atoms with Gasteiger partial charge in [-0.1, -0.05) is 13.8 Å². The minimum atomic E-state index is 0.0596. The lowest BCUT2D eigenvalue weighted by Crippen LogP contribution is -2.43. The van der Waals surface area contributed by atoms with Gasteiger partial charge in [-0.15, -0.1) is 0 Å². The third kappa shape index (κ3) is 2.90. The molecule has 0 aromatic carbocycles. The SMILES string of the molecule is CC(C)C1CN(C(=O)c2coc(CN)c2)CCS1. The molecule has 0 radical (unpaired) electrons. The molecule has 5 heteroatoms. The molecule has 1 saturated heterocycles. The van der Waals surface area contributed by atoms with Crippen molar-refractivity contribution in [2.75, 3.05) is 18.8 Å². The molecule has 0 spiro atoms. The molecule has 1 amide bonds. The van der Waals surface area contributed by atoms with E-state index in [0.29, 0.717) is 29.0 Å². The largest absolute Gasteiger partial charge is 0.467 e. The van der Waals surface area contributed by atoms with E-state index in [0.717, 1.165) is 18.8 Å². The van der Waals surface area contributed by atoms with Gasteiger partial charge in [0.1, 0.15) is 12.0 Å². The summed E-state index contributed by atoms with van der Waals surface area (Å²) in [6, 6.07) is 1.74. The summed E-state index contributed by atoms with van der Waals surface area (Å²) in [5, 5.41) is 0.531. The first kappa shape index (κ1) is 13.5. The zero-order valence-electron chi connectivity index (χ0n) is 10.9. The molecule has 0 bridgehead atoms. The van der Waals surface area contributed by atoms with Crippen LogP contribution in [-0.2, 0) is 6.54 Å². The average Bonchev–Trinajstić information content (AvgIpc) is 2.86. The Bertz CT molecular complexity index is 417. The van der Waals surface area contributed by atoms with Crippen molar-refractivity contribution in [3.63, 3.8) is 0 Å². The predicted molar refractivity (Wildman–Crippen MR) is 73.6 cm³/mol. The monoisotopic (exact) mass is 268 g/mol. The highest BCUT2D eigenvalue weighted by molar-refractivity contribution is 8.00. The Morgan fingerprint density at radius 1 is 1.67 bits per heavy atom. The molecule has 1 aromatic heterocycles. The van der Waals surface area contributed by atoms with Gasteiger partial charge in [-0.05, 0) is 12.0 Å². The van der Waals surface area contributed by atoms with E-state index >= 15 is 0 Å². The lowest BCUT2D eigenvalue weighted by atomic mass is 10.1. The number of furan rings is 1. The van der Waals surface area contributed by atoms with E-state index in [-0.39, 0.29) is 5.91 Å². The van der Waals surface area contributed by atoms with Crippen molar-refractivity contribution in [3.05, 3.63) is 23.7 Å². The molecule has 18 heavy (non-hydrogen) atoms. The number of amides is 1. The molecule has 1 aromatic rings. The Hall–Kier alpha value is -0.940. The molecule has 2 N–H and O–H groups in total. The fourth-order valence-corrected chi connectivity index (χ4v) is 3.34. The average molecular weight is 268 g/mol. The van der Waals surface area contributed by atoms with Gasteiger partial charge in [0.2, 0.25) is 0 Å². The first-order valence-electron chi connectivity index (χ1n) is 6.30. The lowest BCUT2D eigenvalue weighted by Gasteiger charge is -2.34. The van der Waals surface area contributed by atoms with Crippen LogP contribution in [-0.4, -0.2) is 34.9 Å². The van der Waals surface area contributed by atoms with Crippen molar-refractivity contribution < 1.29 is 9.21 Å². The van der Waals surface area contributed by atoms with E-state index in [1.807, 2.05) is 16.7 Å². The van der Waals surface area contributed by atoms with Crippen LogP contribution < -0.4 is 5.73 Å². The Labute approximate surface area is 112 Å². The minimum Gasteiger partial charge on any atom is -0.467 e. The molecule has 100 valence electrons. The van der Waals surface area contributed by atoms with Crippen molar-refractivity contribution in [2.45, 2.75) is 25.6 Å². The number of nitrogens with two attached hydrogens (primary N) is 1. The van der Waals surface area contributed by atoms with E-state index in [2.05, 4.69) is 13.8 Å². The van der Waals surface area contributed by atoms with E-state index in [1.165, 1.54) is 6.26 Å². The number of hydrogen-bond donors (Lipinski definition) is 1. The summed E-state index contributed by atoms with van der Waals surface area (Å²) in [7, 11) is 0. The van der Waals surface area contributed by atoms with Crippen LogP contribution in [0.1, 0.15) is 30.0 Å². The highest BCUT2D eigenvalue weighted by Crippen LogP contribution is 2.26. The van der Waals surface area contributed by atoms with Crippen LogP contribution in [0.2, 0.25) is 0 Å². The van der Waals surface area contributed by atoms with Crippen LogP contribution in [0.25, 0.3) is 0 Å². The van der Waals surface area contributed by atoms with E-state index in [9.17, 15) is 4.79 Å². The second kappa shape index (κ2) is 5.80. The molecule has 4 nitrogen and oxygen atoms in total. The highest BCUT2D eigenvalue weighted by Gasteiger charge is 2.27. The smallest absolute Gasteiger partial charge is 0.257 e.